The Kier molecular flexibility index (Phi) is 6.04. The largest absolute Gasteiger partial charge is 0.497 e. The molecule has 0 bridgehead atoms. The zero-order valence-electron chi connectivity index (χ0n) is 19.1. The smallest absolute Gasteiger partial charge is 0.332 e. The Morgan fingerprint density at radius 2 is 1.86 bits per heavy atom. The average molecular weight is 494 g/mol. The topological polar surface area (TPSA) is 101 Å². The predicted octanol–water partition coefficient (Wildman–Crippen LogP) is 2.89. The number of amides is 1. The average Bonchev–Trinajstić information content (AvgIpc) is 3.54. The van der Waals surface area contributed by atoms with Crippen LogP contribution < -0.4 is 30.8 Å². The highest BCUT2D eigenvalue weighted by Crippen LogP contribution is 2.32. The fraction of sp³-hybridized carbons (Fsp3) is 0.240. The van der Waals surface area contributed by atoms with Crippen LogP contribution in [0.1, 0.15) is 24.1 Å². The number of methoxy groups -OCH3 is 1. The van der Waals surface area contributed by atoms with Crippen LogP contribution in [0.2, 0.25) is 0 Å². The molecular weight excluding hydrogens is 470 g/mol. The Bertz CT molecular complexity index is 1520. The highest BCUT2D eigenvalue weighted by atomic mass is 32.1. The van der Waals surface area contributed by atoms with Crippen LogP contribution in [0, 0.1) is 0 Å². The summed E-state index contributed by atoms with van der Waals surface area (Å²) in [6.45, 7) is 1.83. The van der Waals surface area contributed by atoms with Gasteiger partial charge in [0.1, 0.15) is 17.0 Å². The maximum absolute atomic E-state index is 13.4. The Hall–Kier alpha value is -4.05. The summed E-state index contributed by atoms with van der Waals surface area (Å²) in [5.41, 5.74) is 1.12. The number of rotatable bonds is 7. The van der Waals surface area contributed by atoms with Crippen LogP contribution in [0.25, 0.3) is 10.2 Å². The third-order valence-electron chi connectivity index (χ3n) is 5.91. The molecule has 0 saturated carbocycles. The van der Waals surface area contributed by atoms with Gasteiger partial charge in [-0.15, -0.1) is 11.3 Å². The number of benzene rings is 2. The first-order valence-electron chi connectivity index (χ1n) is 11.0. The van der Waals surface area contributed by atoms with Crippen molar-refractivity contribution in [2.75, 3.05) is 13.9 Å². The van der Waals surface area contributed by atoms with Crippen molar-refractivity contribution in [1.82, 2.24) is 14.5 Å². The van der Waals surface area contributed by atoms with Crippen molar-refractivity contribution in [3.63, 3.8) is 0 Å². The van der Waals surface area contributed by atoms with E-state index in [1.54, 1.807) is 36.8 Å². The molecule has 9 nitrogen and oxygen atoms in total. The van der Waals surface area contributed by atoms with Crippen molar-refractivity contribution in [3.05, 3.63) is 85.9 Å². The third kappa shape index (κ3) is 4.40. The van der Waals surface area contributed by atoms with Gasteiger partial charge in [-0.1, -0.05) is 18.2 Å². The number of nitrogens with zero attached hydrogens (tertiary/aromatic N) is 2. The Morgan fingerprint density at radius 3 is 2.63 bits per heavy atom. The van der Waals surface area contributed by atoms with Gasteiger partial charge < -0.3 is 19.5 Å². The summed E-state index contributed by atoms with van der Waals surface area (Å²) in [5.74, 6) is 1.58. The maximum atomic E-state index is 13.4. The number of aromatic nitrogens is 2. The lowest BCUT2D eigenvalue weighted by Gasteiger charge is -2.16. The number of hydrogen-bond donors (Lipinski definition) is 1. The fourth-order valence-corrected chi connectivity index (χ4v) is 4.90. The summed E-state index contributed by atoms with van der Waals surface area (Å²) >= 11 is 1.24. The highest BCUT2D eigenvalue weighted by molar-refractivity contribution is 7.17. The first-order chi connectivity index (χ1) is 16.9. The van der Waals surface area contributed by atoms with Crippen molar-refractivity contribution in [2.45, 2.75) is 26.1 Å². The molecule has 2 aromatic heterocycles. The van der Waals surface area contributed by atoms with Gasteiger partial charge in [-0.25, -0.2) is 4.79 Å². The van der Waals surface area contributed by atoms with Crippen molar-refractivity contribution >= 4 is 27.5 Å². The minimum absolute atomic E-state index is 0.0476. The molecule has 1 atom stereocenters. The third-order valence-corrected chi connectivity index (χ3v) is 6.80. The number of hydrogen-bond acceptors (Lipinski definition) is 7. The van der Waals surface area contributed by atoms with Crippen molar-refractivity contribution in [2.24, 2.45) is 0 Å². The van der Waals surface area contributed by atoms with Crippen LogP contribution in [-0.4, -0.2) is 28.9 Å². The molecule has 3 heterocycles. The van der Waals surface area contributed by atoms with Gasteiger partial charge in [0.25, 0.3) is 5.56 Å². The van der Waals surface area contributed by atoms with E-state index in [4.69, 9.17) is 14.2 Å². The van der Waals surface area contributed by atoms with Crippen LogP contribution in [0.4, 0.5) is 0 Å². The van der Waals surface area contributed by atoms with Gasteiger partial charge >= 0.3 is 5.69 Å². The van der Waals surface area contributed by atoms with Gasteiger partial charge in [-0.05, 0) is 53.8 Å². The number of fused-ring (bicyclic) bond motifs is 2. The second-order valence-corrected chi connectivity index (χ2v) is 9.06. The number of carbonyl (C=O) groups is 1. The maximum Gasteiger partial charge on any atom is 0.332 e. The molecule has 1 N–H and O–H groups in total. The molecule has 1 amide bonds. The molecule has 0 unspecified atom stereocenters. The molecule has 0 spiro atoms. The molecule has 5 rings (SSSR count). The zero-order valence-corrected chi connectivity index (χ0v) is 20.0. The highest BCUT2D eigenvalue weighted by Gasteiger charge is 2.19. The second-order valence-electron chi connectivity index (χ2n) is 8.14. The SMILES string of the molecule is COc1ccc([C@H](C)NC(=O)Cn2c(=O)n(Cc3ccc4c(c3)OCO4)c(=O)c3sccc32)cc1. The summed E-state index contributed by atoms with van der Waals surface area (Å²) < 4.78 is 18.8. The zero-order chi connectivity index (χ0) is 24.5. The molecule has 10 heteroatoms. The van der Waals surface area contributed by atoms with E-state index in [-0.39, 0.29) is 37.4 Å². The number of thiophene rings is 1. The molecule has 35 heavy (non-hydrogen) atoms. The first kappa shape index (κ1) is 22.7. The minimum Gasteiger partial charge on any atom is -0.497 e. The minimum atomic E-state index is -0.550. The number of ether oxygens (including phenoxy) is 3. The standard InChI is InChI=1S/C25H23N3O6S/c1-15(17-4-6-18(32-2)7-5-17)26-22(29)13-27-19-9-10-35-23(19)24(30)28(25(27)31)12-16-3-8-20-21(11-16)34-14-33-20/h3-11,15H,12-14H2,1-2H3,(H,26,29)/t15-/m0/s1. The second kappa shape index (κ2) is 9.30. The van der Waals surface area contributed by atoms with E-state index in [1.807, 2.05) is 31.2 Å². The van der Waals surface area contributed by atoms with Crippen LogP contribution in [-0.2, 0) is 17.9 Å². The lowest BCUT2D eigenvalue weighted by atomic mass is 10.1. The quantitative estimate of drug-likeness (QED) is 0.425. The van der Waals surface area contributed by atoms with E-state index < -0.39 is 5.69 Å². The summed E-state index contributed by atoms with van der Waals surface area (Å²) in [6, 6.07) is 14.1. The number of carbonyl (C=O) groups excluding carboxylic acids is 1. The van der Waals surface area contributed by atoms with E-state index in [0.717, 1.165) is 15.9 Å². The van der Waals surface area contributed by atoms with Crippen LogP contribution in [0.5, 0.6) is 17.2 Å². The molecule has 4 aromatic rings. The molecule has 1 aliphatic rings. The normalized spacial score (nSPS) is 13.1. The molecule has 0 radical (unpaired) electrons. The Morgan fingerprint density at radius 1 is 1.09 bits per heavy atom. The van der Waals surface area contributed by atoms with Crippen molar-refractivity contribution in [1.29, 1.82) is 0 Å². The first-order valence-corrected chi connectivity index (χ1v) is 11.8. The molecule has 2 aromatic carbocycles. The van der Waals surface area contributed by atoms with Gasteiger partial charge in [0.15, 0.2) is 11.5 Å². The monoisotopic (exact) mass is 493 g/mol. The predicted molar refractivity (Wildman–Crippen MR) is 132 cm³/mol. The van der Waals surface area contributed by atoms with Crippen LogP contribution in [0.3, 0.4) is 0 Å². The van der Waals surface area contributed by atoms with Gasteiger partial charge in [-0.2, -0.15) is 0 Å². The van der Waals surface area contributed by atoms with E-state index in [0.29, 0.717) is 27.3 Å². The van der Waals surface area contributed by atoms with Crippen LogP contribution >= 0.6 is 11.3 Å². The molecule has 0 saturated heterocycles. The molecule has 0 aliphatic carbocycles. The lowest BCUT2D eigenvalue weighted by Crippen LogP contribution is -2.42. The summed E-state index contributed by atoms with van der Waals surface area (Å²) in [5, 5.41) is 4.67. The fourth-order valence-electron chi connectivity index (χ4n) is 4.05. The lowest BCUT2D eigenvalue weighted by molar-refractivity contribution is -0.122. The van der Waals surface area contributed by atoms with E-state index in [2.05, 4.69) is 5.32 Å². The van der Waals surface area contributed by atoms with E-state index in [1.165, 1.54) is 15.9 Å². The van der Waals surface area contributed by atoms with Crippen molar-refractivity contribution < 1.29 is 19.0 Å². The van der Waals surface area contributed by atoms with Gasteiger partial charge in [0.05, 0.1) is 25.2 Å². The number of nitrogens with one attached hydrogen (secondary N) is 1. The Labute approximate surface area is 204 Å². The summed E-state index contributed by atoms with van der Waals surface area (Å²) in [7, 11) is 1.59. The summed E-state index contributed by atoms with van der Waals surface area (Å²) in [4.78, 5) is 39.4. The molecular formula is C25H23N3O6S. The molecule has 1 aliphatic heterocycles. The Balaban J connectivity index is 1.42. The van der Waals surface area contributed by atoms with Gasteiger partial charge in [-0.3, -0.25) is 18.7 Å². The van der Waals surface area contributed by atoms with E-state index >= 15 is 0 Å². The van der Waals surface area contributed by atoms with Crippen molar-refractivity contribution in [3.8, 4) is 17.2 Å². The molecule has 180 valence electrons. The van der Waals surface area contributed by atoms with Gasteiger partial charge in [0, 0.05) is 0 Å². The van der Waals surface area contributed by atoms with Gasteiger partial charge in [0.2, 0.25) is 12.7 Å². The summed E-state index contributed by atoms with van der Waals surface area (Å²) in [6.07, 6.45) is 0. The molecule has 0 fully saturated rings. The van der Waals surface area contributed by atoms with Crippen LogP contribution in [0.15, 0.2) is 63.5 Å². The van der Waals surface area contributed by atoms with E-state index in [9.17, 15) is 14.4 Å².